The lowest BCUT2D eigenvalue weighted by Crippen LogP contribution is -2.42. The average molecular weight is 270 g/mol. The molecule has 0 saturated carbocycles. The summed E-state index contributed by atoms with van der Waals surface area (Å²) in [7, 11) is 0. The highest BCUT2D eigenvalue weighted by Gasteiger charge is 2.17. The summed E-state index contributed by atoms with van der Waals surface area (Å²) in [5.74, 6) is -0.123. The first-order valence-electron chi connectivity index (χ1n) is 6.91. The van der Waals surface area contributed by atoms with E-state index in [2.05, 4.69) is 15.6 Å². The molecule has 1 amide bonds. The second-order valence-electron chi connectivity index (χ2n) is 5.11. The Balaban J connectivity index is 1.82. The third-order valence-electron chi connectivity index (χ3n) is 3.66. The zero-order valence-corrected chi connectivity index (χ0v) is 11.2. The predicted octanol–water partition coefficient (Wildman–Crippen LogP) is 1.30. The number of para-hydroxylation sites is 1. The Morgan fingerprint density at radius 1 is 1.25 bits per heavy atom. The molecule has 1 saturated heterocycles. The first kappa shape index (κ1) is 12.9. The predicted molar refractivity (Wildman–Crippen MR) is 79.5 cm³/mol. The average Bonchev–Trinajstić information content (AvgIpc) is 2.48. The van der Waals surface area contributed by atoms with Crippen LogP contribution in [0.1, 0.15) is 23.3 Å². The van der Waals surface area contributed by atoms with E-state index in [1.165, 1.54) is 0 Å². The van der Waals surface area contributed by atoms with E-state index in [0.29, 0.717) is 16.9 Å². The van der Waals surface area contributed by atoms with Crippen LogP contribution in [0, 0.1) is 0 Å². The number of fused-ring (bicyclic) bond motifs is 1. The third-order valence-corrected chi connectivity index (χ3v) is 3.66. The molecule has 1 aromatic heterocycles. The van der Waals surface area contributed by atoms with Crippen LogP contribution in [0.15, 0.2) is 30.3 Å². The van der Waals surface area contributed by atoms with Gasteiger partial charge in [-0.2, -0.15) is 0 Å². The summed E-state index contributed by atoms with van der Waals surface area (Å²) >= 11 is 0. The van der Waals surface area contributed by atoms with E-state index in [9.17, 15) is 4.79 Å². The molecule has 20 heavy (non-hydrogen) atoms. The van der Waals surface area contributed by atoms with Crippen molar-refractivity contribution < 1.29 is 4.79 Å². The van der Waals surface area contributed by atoms with Gasteiger partial charge in [-0.3, -0.25) is 4.79 Å². The summed E-state index contributed by atoms with van der Waals surface area (Å²) in [6, 6.07) is 9.48. The van der Waals surface area contributed by atoms with Crippen molar-refractivity contribution in [3.05, 3.63) is 36.0 Å². The van der Waals surface area contributed by atoms with Gasteiger partial charge < -0.3 is 16.4 Å². The van der Waals surface area contributed by atoms with Crippen LogP contribution in [-0.4, -0.2) is 30.0 Å². The summed E-state index contributed by atoms with van der Waals surface area (Å²) in [6.07, 6.45) is 1.92. The Kier molecular flexibility index (Phi) is 3.52. The fourth-order valence-corrected chi connectivity index (χ4v) is 2.52. The largest absolute Gasteiger partial charge is 0.397 e. The van der Waals surface area contributed by atoms with E-state index >= 15 is 0 Å². The minimum Gasteiger partial charge on any atom is -0.397 e. The maximum atomic E-state index is 12.2. The van der Waals surface area contributed by atoms with Crippen molar-refractivity contribution in [1.82, 2.24) is 15.6 Å². The van der Waals surface area contributed by atoms with Crippen molar-refractivity contribution in [2.75, 3.05) is 18.8 Å². The van der Waals surface area contributed by atoms with Gasteiger partial charge in [-0.25, -0.2) is 4.98 Å². The van der Waals surface area contributed by atoms with Crippen LogP contribution >= 0.6 is 0 Å². The summed E-state index contributed by atoms with van der Waals surface area (Å²) in [4.78, 5) is 16.6. The zero-order valence-electron chi connectivity index (χ0n) is 11.2. The van der Waals surface area contributed by atoms with Gasteiger partial charge in [0.1, 0.15) is 5.69 Å². The number of carbonyl (C=O) groups excluding carboxylic acids is 1. The van der Waals surface area contributed by atoms with Crippen LogP contribution in [0.3, 0.4) is 0 Å². The van der Waals surface area contributed by atoms with Gasteiger partial charge in [0.2, 0.25) is 0 Å². The molecule has 0 unspecified atom stereocenters. The summed E-state index contributed by atoms with van der Waals surface area (Å²) in [5.41, 5.74) is 7.61. The number of benzene rings is 1. The number of hydrogen-bond acceptors (Lipinski definition) is 4. The number of amides is 1. The van der Waals surface area contributed by atoms with Crippen LogP contribution in [-0.2, 0) is 0 Å². The normalized spacial score (nSPS) is 16.2. The van der Waals surface area contributed by atoms with Gasteiger partial charge >= 0.3 is 0 Å². The first-order chi connectivity index (χ1) is 9.74. The number of nitrogens with two attached hydrogens (primary N) is 1. The number of hydrogen-bond donors (Lipinski definition) is 3. The smallest absolute Gasteiger partial charge is 0.270 e. The molecule has 0 aliphatic carbocycles. The molecule has 1 aliphatic heterocycles. The topological polar surface area (TPSA) is 80.0 Å². The van der Waals surface area contributed by atoms with Crippen molar-refractivity contribution in [2.45, 2.75) is 18.9 Å². The first-order valence-corrected chi connectivity index (χ1v) is 6.91. The van der Waals surface area contributed by atoms with Gasteiger partial charge in [0.25, 0.3) is 5.91 Å². The van der Waals surface area contributed by atoms with E-state index in [4.69, 9.17) is 5.73 Å². The lowest BCUT2D eigenvalue weighted by atomic mass is 10.1. The number of piperidine rings is 1. The molecule has 0 radical (unpaired) electrons. The van der Waals surface area contributed by atoms with E-state index in [0.717, 1.165) is 31.3 Å². The number of aromatic nitrogens is 1. The third kappa shape index (κ3) is 2.58. The monoisotopic (exact) mass is 270 g/mol. The Morgan fingerprint density at radius 3 is 2.85 bits per heavy atom. The fourth-order valence-electron chi connectivity index (χ4n) is 2.52. The van der Waals surface area contributed by atoms with Crippen molar-refractivity contribution in [2.24, 2.45) is 0 Å². The molecule has 0 atom stereocenters. The minimum absolute atomic E-state index is 0.123. The minimum atomic E-state index is -0.123. The Labute approximate surface area is 117 Å². The van der Waals surface area contributed by atoms with Crippen molar-refractivity contribution in [3.63, 3.8) is 0 Å². The lowest BCUT2D eigenvalue weighted by Gasteiger charge is -2.23. The van der Waals surface area contributed by atoms with E-state index in [-0.39, 0.29) is 11.9 Å². The molecule has 1 aromatic carbocycles. The Bertz CT molecular complexity index is 635. The van der Waals surface area contributed by atoms with E-state index in [1.54, 1.807) is 12.1 Å². The quantitative estimate of drug-likeness (QED) is 0.719. The number of nitrogen functional groups attached to an aromatic ring is 1. The molecule has 0 spiro atoms. The number of nitrogens with one attached hydrogen (secondary N) is 2. The standard InChI is InChI=1S/C15H18N4O/c16-12-3-1-2-10-4-5-13(19-14(10)12)15(20)18-11-6-8-17-9-7-11/h1-5,11,17H,6-9,16H2,(H,18,20). The van der Waals surface area contributed by atoms with Crippen molar-refractivity contribution in [3.8, 4) is 0 Å². The van der Waals surface area contributed by atoms with Gasteiger partial charge in [0.05, 0.1) is 11.2 Å². The number of pyridine rings is 1. The maximum Gasteiger partial charge on any atom is 0.270 e. The van der Waals surface area contributed by atoms with Gasteiger partial charge in [-0.05, 0) is 38.1 Å². The molecule has 1 aliphatic rings. The van der Waals surface area contributed by atoms with Crippen LogP contribution < -0.4 is 16.4 Å². The molecule has 104 valence electrons. The maximum absolute atomic E-state index is 12.2. The van der Waals surface area contributed by atoms with Gasteiger partial charge in [0.15, 0.2) is 0 Å². The fraction of sp³-hybridized carbons (Fsp3) is 0.333. The van der Waals surface area contributed by atoms with E-state index < -0.39 is 0 Å². The van der Waals surface area contributed by atoms with Crippen LogP contribution in [0.5, 0.6) is 0 Å². The van der Waals surface area contributed by atoms with Crippen LogP contribution in [0.4, 0.5) is 5.69 Å². The molecular weight excluding hydrogens is 252 g/mol. The molecule has 2 heterocycles. The summed E-state index contributed by atoms with van der Waals surface area (Å²) in [6.45, 7) is 1.89. The lowest BCUT2D eigenvalue weighted by molar-refractivity contribution is 0.0925. The highest BCUT2D eigenvalue weighted by atomic mass is 16.1. The Morgan fingerprint density at radius 2 is 2.05 bits per heavy atom. The molecular formula is C15H18N4O. The van der Waals surface area contributed by atoms with Crippen LogP contribution in [0.2, 0.25) is 0 Å². The number of carbonyl (C=O) groups is 1. The number of rotatable bonds is 2. The van der Waals surface area contributed by atoms with Gasteiger partial charge in [-0.1, -0.05) is 18.2 Å². The molecule has 3 rings (SSSR count). The van der Waals surface area contributed by atoms with Crippen LogP contribution in [0.25, 0.3) is 10.9 Å². The molecule has 0 bridgehead atoms. The molecule has 1 fully saturated rings. The second-order valence-corrected chi connectivity index (χ2v) is 5.11. The van der Waals surface area contributed by atoms with Gasteiger partial charge in [-0.15, -0.1) is 0 Å². The molecule has 5 heteroatoms. The van der Waals surface area contributed by atoms with Crippen molar-refractivity contribution >= 4 is 22.5 Å². The van der Waals surface area contributed by atoms with Crippen molar-refractivity contribution in [1.29, 1.82) is 0 Å². The van der Waals surface area contributed by atoms with E-state index in [1.807, 2.05) is 18.2 Å². The highest BCUT2D eigenvalue weighted by Crippen LogP contribution is 2.19. The highest BCUT2D eigenvalue weighted by molar-refractivity contribution is 5.97. The second kappa shape index (κ2) is 5.46. The Hall–Kier alpha value is -2.14. The zero-order chi connectivity index (χ0) is 13.9. The van der Waals surface area contributed by atoms with Gasteiger partial charge in [0, 0.05) is 11.4 Å². The number of nitrogens with zero attached hydrogens (tertiary/aromatic N) is 1. The summed E-state index contributed by atoms with van der Waals surface area (Å²) in [5, 5.41) is 7.26. The molecule has 5 nitrogen and oxygen atoms in total. The summed E-state index contributed by atoms with van der Waals surface area (Å²) < 4.78 is 0. The number of anilines is 1. The molecule has 4 N–H and O–H groups in total. The molecule has 2 aromatic rings. The SMILES string of the molecule is Nc1cccc2ccc(C(=O)NC3CCNCC3)nc12.